The summed E-state index contributed by atoms with van der Waals surface area (Å²) in [4.78, 5) is 8.31. The van der Waals surface area contributed by atoms with E-state index in [1.54, 1.807) is 12.4 Å². The Morgan fingerprint density at radius 3 is 2.71 bits per heavy atom. The van der Waals surface area contributed by atoms with Crippen molar-refractivity contribution < 1.29 is 4.52 Å². The van der Waals surface area contributed by atoms with Gasteiger partial charge in [0.15, 0.2) is 0 Å². The Labute approximate surface area is 108 Å². The molecular weight excluding hydrogens is 284 g/mol. The minimum atomic E-state index is -0.112. The van der Waals surface area contributed by atoms with Gasteiger partial charge in [-0.1, -0.05) is 5.16 Å². The second-order valence-corrected chi connectivity index (χ2v) is 5.61. The second-order valence-electron chi connectivity index (χ2n) is 4.69. The van der Waals surface area contributed by atoms with Crippen LogP contribution in [0.5, 0.6) is 0 Å². The van der Waals surface area contributed by atoms with E-state index in [0.29, 0.717) is 11.8 Å². The van der Waals surface area contributed by atoms with Gasteiger partial charge in [-0.25, -0.2) is 0 Å². The highest BCUT2D eigenvalue weighted by Gasteiger charge is 2.15. The van der Waals surface area contributed by atoms with Crippen molar-refractivity contribution in [2.45, 2.75) is 26.3 Å². The molecule has 0 aromatic carbocycles. The molecule has 90 valence electrons. The summed E-state index contributed by atoms with van der Waals surface area (Å²) in [6.45, 7) is 6.08. The van der Waals surface area contributed by atoms with Gasteiger partial charge in [-0.15, -0.1) is 0 Å². The van der Waals surface area contributed by atoms with Gasteiger partial charge in [0, 0.05) is 28.0 Å². The average Bonchev–Trinajstić information content (AvgIpc) is 2.63. The lowest BCUT2D eigenvalue weighted by molar-refractivity contribution is 0.420. The predicted octanol–water partition coefficient (Wildman–Crippen LogP) is 3.10. The molecule has 6 heteroatoms. The fourth-order valence-corrected chi connectivity index (χ4v) is 1.61. The first-order valence-corrected chi connectivity index (χ1v) is 5.96. The number of pyridine rings is 1. The molecule has 5 nitrogen and oxygen atoms in total. The molecule has 0 fully saturated rings. The average molecular weight is 297 g/mol. The lowest BCUT2D eigenvalue weighted by Crippen LogP contribution is -2.26. The molecule has 0 amide bonds. The number of hydrogen-bond donors (Lipinski definition) is 1. The van der Waals surface area contributed by atoms with Crippen molar-refractivity contribution in [2.24, 2.45) is 0 Å². The van der Waals surface area contributed by atoms with Crippen LogP contribution in [0.2, 0.25) is 0 Å². The summed E-state index contributed by atoms with van der Waals surface area (Å²) in [6, 6.07) is 2.30. The monoisotopic (exact) mass is 296 g/mol. The SMILES string of the molecule is CC(C)(C)Nc1nc(-c2cncc(Br)c2)no1. The molecule has 2 heterocycles. The summed E-state index contributed by atoms with van der Waals surface area (Å²) < 4.78 is 6.00. The highest BCUT2D eigenvalue weighted by molar-refractivity contribution is 9.10. The van der Waals surface area contributed by atoms with Crippen LogP contribution in [-0.4, -0.2) is 20.7 Å². The third-order valence-corrected chi connectivity index (χ3v) is 2.30. The quantitative estimate of drug-likeness (QED) is 0.922. The number of rotatable bonds is 2. The number of anilines is 1. The van der Waals surface area contributed by atoms with Crippen molar-refractivity contribution in [1.29, 1.82) is 0 Å². The highest BCUT2D eigenvalue weighted by Crippen LogP contribution is 2.21. The van der Waals surface area contributed by atoms with Gasteiger partial charge in [-0.2, -0.15) is 4.98 Å². The van der Waals surface area contributed by atoms with Crippen LogP contribution in [0, 0.1) is 0 Å². The summed E-state index contributed by atoms with van der Waals surface area (Å²) in [6.07, 6.45) is 3.40. The zero-order valence-electron chi connectivity index (χ0n) is 9.86. The third-order valence-electron chi connectivity index (χ3n) is 1.87. The van der Waals surface area contributed by atoms with Gasteiger partial charge in [0.2, 0.25) is 5.82 Å². The molecule has 0 aliphatic rings. The first kappa shape index (κ1) is 12.0. The Morgan fingerprint density at radius 2 is 2.06 bits per heavy atom. The Morgan fingerprint density at radius 1 is 1.29 bits per heavy atom. The van der Waals surface area contributed by atoms with E-state index in [9.17, 15) is 0 Å². The Hall–Kier alpha value is -1.43. The van der Waals surface area contributed by atoms with E-state index in [-0.39, 0.29) is 5.54 Å². The van der Waals surface area contributed by atoms with E-state index in [0.717, 1.165) is 10.0 Å². The molecule has 0 saturated heterocycles. The minimum Gasteiger partial charge on any atom is -0.333 e. The maximum atomic E-state index is 5.12. The summed E-state index contributed by atoms with van der Waals surface area (Å²) in [7, 11) is 0. The molecule has 17 heavy (non-hydrogen) atoms. The second kappa shape index (κ2) is 4.44. The normalized spacial score (nSPS) is 11.5. The van der Waals surface area contributed by atoms with Crippen molar-refractivity contribution in [3.8, 4) is 11.4 Å². The molecule has 2 rings (SSSR count). The lowest BCUT2D eigenvalue weighted by atomic mass is 10.1. The number of hydrogen-bond acceptors (Lipinski definition) is 5. The Balaban J connectivity index is 2.24. The van der Waals surface area contributed by atoms with E-state index < -0.39 is 0 Å². The van der Waals surface area contributed by atoms with Crippen molar-refractivity contribution in [3.05, 3.63) is 22.9 Å². The Bertz CT molecular complexity index is 518. The molecule has 0 unspecified atom stereocenters. The zero-order chi connectivity index (χ0) is 12.5. The Kier molecular flexibility index (Phi) is 3.15. The standard InChI is InChI=1S/C11H13BrN4O/c1-11(2,3)15-10-14-9(16-17-10)7-4-8(12)6-13-5-7/h4-6H,1-3H3,(H,14,15,16). The zero-order valence-corrected chi connectivity index (χ0v) is 11.4. The van der Waals surface area contributed by atoms with Crippen LogP contribution >= 0.6 is 15.9 Å². The summed E-state index contributed by atoms with van der Waals surface area (Å²) in [5.74, 6) is 0.519. The molecule has 2 aromatic rings. The minimum absolute atomic E-state index is 0.112. The third kappa shape index (κ3) is 3.26. The van der Waals surface area contributed by atoms with Gasteiger partial charge in [-0.05, 0) is 42.8 Å². The van der Waals surface area contributed by atoms with Crippen molar-refractivity contribution >= 4 is 21.9 Å². The number of aromatic nitrogens is 3. The molecule has 1 N–H and O–H groups in total. The van der Waals surface area contributed by atoms with Crippen LogP contribution in [0.3, 0.4) is 0 Å². The van der Waals surface area contributed by atoms with Gasteiger partial charge in [0.25, 0.3) is 0 Å². The first-order valence-electron chi connectivity index (χ1n) is 5.17. The van der Waals surface area contributed by atoms with Crippen LogP contribution in [0.1, 0.15) is 20.8 Å². The molecule has 0 aliphatic carbocycles. The molecular formula is C11H13BrN4O. The van der Waals surface area contributed by atoms with Gasteiger partial charge in [-0.3, -0.25) is 4.98 Å². The highest BCUT2D eigenvalue weighted by atomic mass is 79.9. The molecule has 2 aromatic heterocycles. The van der Waals surface area contributed by atoms with E-state index >= 15 is 0 Å². The number of nitrogens with zero attached hydrogens (tertiary/aromatic N) is 3. The number of halogens is 1. The van der Waals surface area contributed by atoms with Crippen LogP contribution < -0.4 is 5.32 Å². The van der Waals surface area contributed by atoms with Crippen LogP contribution in [-0.2, 0) is 0 Å². The fourth-order valence-electron chi connectivity index (χ4n) is 1.25. The molecule has 0 saturated carbocycles. The molecule has 0 spiro atoms. The van der Waals surface area contributed by atoms with Crippen molar-refractivity contribution in [1.82, 2.24) is 15.1 Å². The van der Waals surface area contributed by atoms with E-state index in [1.165, 1.54) is 0 Å². The van der Waals surface area contributed by atoms with Crippen LogP contribution in [0.4, 0.5) is 6.01 Å². The smallest absolute Gasteiger partial charge is 0.322 e. The fraction of sp³-hybridized carbons (Fsp3) is 0.364. The van der Waals surface area contributed by atoms with Gasteiger partial charge >= 0.3 is 6.01 Å². The predicted molar refractivity (Wildman–Crippen MR) is 68.6 cm³/mol. The van der Waals surface area contributed by atoms with E-state index in [1.807, 2.05) is 26.8 Å². The molecule has 0 atom stereocenters. The van der Waals surface area contributed by atoms with E-state index in [2.05, 4.69) is 36.4 Å². The van der Waals surface area contributed by atoms with Crippen molar-refractivity contribution in [2.75, 3.05) is 5.32 Å². The largest absolute Gasteiger partial charge is 0.333 e. The molecule has 0 bridgehead atoms. The van der Waals surface area contributed by atoms with Crippen LogP contribution in [0.15, 0.2) is 27.5 Å². The maximum absolute atomic E-state index is 5.12. The van der Waals surface area contributed by atoms with Crippen molar-refractivity contribution in [3.63, 3.8) is 0 Å². The summed E-state index contributed by atoms with van der Waals surface area (Å²) in [5, 5.41) is 7.02. The topological polar surface area (TPSA) is 63.8 Å². The molecule has 0 aliphatic heterocycles. The van der Waals surface area contributed by atoms with Gasteiger partial charge in [0.1, 0.15) is 0 Å². The van der Waals surface area contributed by atoms with Crippen LogP contribution in [0.25, 0.3) is 11.4 Å². The first-order chi connectivity index (χ1) is 7.94. The lowest BCUT2D eigenvalue weighted by Gasteiger charge is -2.17. The van der Waals surface area contributed by atoms with Gasteiger partial charge < -0.3 is 9.84 Å². The van der Waals surface area contributed by atoms with Gasteiger partial charge in [0.05, 0.1) is 0 Å². The molecule has 0 radical (unpaired) electrons. The summed E-state index contributed by atoms with van der Waals surface area (Å²) in [5.41, 5.74) is 0.698. The number of nitrogens with one attached hydrogen (secondary N) is 1. The summed E-state index contributed by atoms with van der Waals surface area (Å²) >= 11 is 3.35. The van der Waals surface area contributed by atoms with E-state index in [4.69, 9.17) is 4.52 Å². The maximum Gasteiger partial charge on any atom is 0.322 e.